The number of aromatic nitrogens is 3. The second-order valence-corrected chi connectivity index (χ2v) is 6.94. The molecule has 1 aromatic carbocycles. The summed E-state index contributed by atoms with van der Waals surface area (Å²) in [6.45, 7) is 2.24. The highest BCUT2D eigenvalue weighted by Gasteiger charge is 2.32. The topological polar surface area (TPSA) is 102 Å². The van der Waals surface area contributed by atoms with Crippen LogP contribution in [-0.4, -0.2) is 38.7 Å². The molecule has 3 aromatic rings. The van der Waals surface area contributed by atoms with Crippen LogP contribution >= 0.6 is 0 Å². The molecule has 9 nitrogen and oxygen atoms in total. The zero-order valence-electron chi connectivity index (χ0n) is 15.7. The van der Waals surface area contributed by atoms with Gasteiger partial charge >= 0.3 is 5.76 Å². The minimum absolute atomic E-state index is 0.174. The third kappa shape index (κ3) is 3.19. The first-order valence-electron chi connectivity index (χ1n) is 9.14. The van der Waals surface area contributed by atoms with E-state index < -0.39 is 17.7 Å². The molecule has 1 aliphatic rings. The molecule has 146 valence electrons. The normalized spacial score (nSPS) is 17.3. The van der Waals surface area contributed by atoms with Crippen molar-refractivity contribution in [1.82, 2.24) is 19.7 Å². The number of aryl methyl sites for hydroxylation is 2. The van der Waals surface area contributed by atoms with Gasteiger partial charge in [0.25, 0.3) is 5.91 Å². The van der Waals surface area contributed by atoms with Crippen LogP contribution in [0.1, 0.15) is 18.5 Å². The molecule has 0 aliphatic carbocycles. The van der Waals surface area contributed by atoms with Crippen molar-refractivity contribution in [2.45, 2.75) is 32.4 Å². The van der Waals surface area contributed by atoms with Gasteiger partial charge in [0.2, 0.25) is 5.91 Å². The van der Waals surface area contributed by atoms with Gasteiger partial charge in [-0.1, -0.05) is 12.1 Å². The summed E-state index contributed by atoms with van der Waals surface area (Å²) in [4.78, 5) is 39.1. The number of fused-ring (bicyclic) bond motifs is 1. The Bertz CT molecular complexity index is 1110. The van der Waals surface area contributed by atoms with Crippen LogP contribution in [0.4, 0.5) is 5.82 Å². The van der Waals surface area contributed by atoms with Crippen molar-refractivity contribution >= 4 is 28.7 Å². The van der Waals surface area contributed by atoms with E-state index in [1.165, 1.54) is 4.57 Å². The van der Waals surface area contributed by atoms with Crippen LogP contribution in [0.3, 0.4) is 0 Å². The Morgan fingerprint density at radius 2 is 2.11 bits per heavy atom. The summed E-state index contributed by atoms with van der Waals surface area (Å²) in [6.07, 6.45) is 1.31. The molecule has 28 heavy (non-hydrogen) atoms. The molecule has 1 aliphatic heterocycles. The number of oxazole rings is 1. The van der Waals surface area contributed by atoms with Crippen LogP contribution < -0.4 is 16.0 Å². The van der Waals surface area contributed by atoms with Gasteiger partial charge in [0.15, 0.2) is 5.58 Å². The molecular weight excluding hydrogens is 362 g/mol. The van der Waals surface area contributed by atoms with E-state index >= 15 is 0 Å². The smallest absolute Gasteiger partial charge is 0.408 e. The third-order valence-corrected chi connectivity index (χ3v) is 4.90. The summed E-state index contributed by atoms with van der Waals surface area (Å²) >= 11 is 0. The van der Waals surface area contributed by atoms with Crippen LogP contribution in [0.2, 0.25) is 0 Å². The van der Waals surface area contributed by atoms with E-state index in [0.717, 1.165) is 12.1 Å². The maximum absolute atomic E-state index is 12.9. The van der Waals surface area contributed by atoms with E-state index in [-0.39, 0.29) is 12.5 Å². The molecule has 0 radical (unpaired) electrons. The number of anilines is 1. The second-order valence-electron chi connectivity index (χ2n) is 6.94. The molecule has 1 fully saturated rings. The summed E-state index contributed by atoms with van der Waals surface area (Å²) in [5.74, 6) is -0.473. The number of hydrogen-bond acceptors (Lipinski definition) is 5. The number of amides is 2. The zero-order chi connectivity index (χ0) is 19.8. The van der Waals surface area contributed by atoms with Crippen LogP contribution in [0.5, 0.6) is 0 Å². The lowest BCUT2D eigenvalue weighted by Crippen LogP contribution is -2.53. The summed E-state index contributed by atoms with van der Waals surface area (Å²) < 4.78 is 8.07. The molecule has 0 saturated carbocycles. The van der Waals surface area contributed by atoms with Gasteiger partial charge in [-0.3, -0.25) is 23.7 Å². The van der Waals surface area contributed by atoms with Crippen molar-refractivity contribution in [1.29, 1.82) is 0 Å². The lowest BCUT2D eigenvalue weighted by atomic mass is 10.0. The van der Waals surface area contributed by atoms with Crippen molar-refractivity contribution in [2.24, 2.45) is 7.05 Å². The summed E-state index contributed by atoms with van der Waals surface area (Å²) in [6, 6.07) is 8.12. The number of hydrogen-bond donors (Lipinski definition) is 1. The Hall–Kier alpha value is -3.36. The summed E-state index contributed by atoms with van der Waals surface area (Å²) in [5, 5.41) is 7.05. The SMILES string of the molecule is Cc1cc(N2CCC[C@@H](NC(=O)Cn3c(=O)oc4ccccc43)C2=O)n(C)n1. The monoisotopic (exact) mass is 383 g/mol. The summed E-state index contributed by atoms with van der Waals surface area (Å²) in [7, 11) is 1.79. The predicted molar refractivity (Wildman–Crippen MR) is 102 cm³/mol. The molecule has 9 heteroatoms. The van der Waals surface area contributed by atoms with Gasteiger partial charge in [-0.15, -0.1) is 0 Å². The molecule has 4 rings (SSSR count). The zero-order valence-corrected chi connectivity index (χ0v) is 15.7. The molecular formula is C19H21N5O4. The Morgan fingerprint density at radius 3 is 2.86 bits per heavy atom. The van der Waals surface area contributed by atoms with Crippen LogP contribution in [-0.2, 0) is 23.2 Å². The molecule has 3 heterocycles. The highest BCUT2D eigenvalue weighted by Crippen LogP contribution is 2.21. The van der Waals surface area contributed by atoms with Gasteiger partial charge in [0.05, 0.1) is 11.2 Å². The number of piperidine rings is 1. The maximum atomic E-state index is 12.9. The fourth-order valence-electron chi connectivity index (χ4n) is 3.63. The van der Waals surface area contributed by atoms with Crippen LogP contribution in [0.25, 0.3) is 11.1 Å². The number of nitrogens with one attached hydrogen (secondary N) is 1. The number of nitrogens with zero attached hydrogens (tertiary/aromatic N) is 4. The minimum Gasteiger partial charge on any atom is -0.408 e. The van der Waals surface area contributed by atoms with Crippen LogP contribution in [0, 0.1) is 6.92 Å². The van der Waals surface area contributed by atoms with E-state index in [9.17, 15) is 14.4 Å². The van der Waals surface area contributed by atoms with Crippen molar-refractivity contribution in [3.63, 3.8) is 0 Å². The molecule has 1 N–H and O–H groups in total. The van der Waals surface area contributed by atoms with Crippen molar-refractivity contribution in [3.8, 4) is 0 Å². The van der Waals surface area contributed by atoms with E-state index in [4.69, 9.17) is 4.42 Å². The van der Waals surface area contributed by atoms with Gasteiger partial charge in [0, 0.05) is 19.7 Å². The fraction of sp³-hybridized carbons (Fsp3) is 0.368. The number of rotatable bonds is 4. The molecule has 2 aromatic heterocycles. The average Bonchev–Trinajstić information content (AvgIpc) is 3.15. The first-order valence-corrected chi connectivity index (χ1v) is 9.14. The Balaban J connectivity index is 1.49. The van der Waals surface area contributed by atoms with Gasteiger partial charge in [-0.05, 0) is 31.9 Å². The first kappa shape index (κ1) is 18.0. The highest BCUT2D eigenvalue weighted by atomic mass is 16.4. The lowest BCUT2D eigenvalue weighted by Gasteiger charge is -2.32. The second kappa shape index (κ2) is 6.99. The number of carbonyl (C=O) groups excluding carboxylic acids is 2. The summed E-state index contributed by atoms with van der Waals surface area (Å²) in [5.41, 5.74) is 1.79. The molecule has 2 amide bonds. The minimum atomic E-state index is -0.634. The first-order chi connectivity index (χ1) is 13.4. The Kier molecular flexibility index (Phi) is 4.50. The quantitative estimate of drug-likeness (QED) is 0.723. The predicted octanol–water partition coefficient (Wildman–Crippen LogP) is 0.948. The Labute approximate surface area is 160 Å². The number of benzene rings is 1. The van der Waals surface area contributed by atoms with Gasteiger partial charge in [-0.25, -0.2) is 4.79 Å². The standard InChI is InChI=1S/C19H21N5O4/c1-12-10-17(22(2)21-12)23-9-5-6-13(18(23)26)20-16(25)11-24-14-7-3-4-8-15(14)28-19(24)27/h3-4,7-8,10,13H,5-6,9,11H2,1-2H3,(H,20,25)/t13-/m1/s1. The van der Waals surface area contributed by atoms with Crippen molar-refractivity contribution in [3.05, 3.63) is 46.6 Å². The van der Waals surface area contributed by atoms with Gasteiger partial charge in [0.1, 0.15) is 18.4 Å². The van der Waals surface area contributed by atoms with Gasteiger partial charge < -0.3 is 9.73 Å². The lowest BCUT2D eigenvalue weighted by molar-refractivity contribution is -0.128. The Morgan fingerprint density at radius 1 is 1.32 bits per heavy atom. The van der Waals surface area contributed by atoms with E-state index in [1.54, 1.807) is 40.9 Å². The van der Waals surface area contributed by atoms with E-state index in [1.807, 2.05) is 13.0 Å². The van der Waals surface area contributed by atoms with E-state index in [0.29, 0.717) is 29.9 Å². The largest absolute Gasteiger partial charge is 0.420 e. The highest BCUT2D eigenvalue weighted by molar-refractivity contribution is 5.99. The average molecular weight is 383 g/mol. The molecule has 1 saturated heterocycles. The molecule has 1 atom stereocenters. The molecule has 0 bridgehead atoms. The number of para-hydroxylation sites is 2. The third-order valence-electron chi connectivity index (χ3n) is 4.90. The molecule has 0 spiro atoms. The van der Waals surface area contributed by atoms with Crippen LogP contribution in [0.15, 0.2) is 39.5 Å². The van der Waals surface area contributed by atoms with Crippen molar-refractivity contribution in [2.75, 3.05) is 11.4 Å². The van der Waals surface area contributed by atoms with Gasteiger partial charge in [-0.2, -0.15) is 5.10 Å². The van der Waals surface area contributed by atoms with E-state index in [2.05, 4.69) is 10.4 Å². The van der Waals surface area contributed by atoms with Crippen molar-refractivity contribution < 1.29 is 14.0 Å². The fourth-order valence-corrected chi connectivity index (χ4v) is 3.63. The number of carbonyl (C=O) groups is 2. The maximum Gasteiger partial charge on any atom is 0.420 e. The molecule has 0 unspecified atom stereocenters.